The lowest BCUT2D eigenvalue weighted by molar-refractivity contribution is -0.157. The van der Waals surface area contributed by atoms with Gasteiger partial charge in [-0.3, -0.25) is 14.4 Å². The van der Waals surface area contributed by atoms with Gasteiger partial charge in [0, 0.05) is 6.42 Å². The Bertz CT molecular complexity index is 390. The van der Waals surface area contributed by atoms with Gasteiger partial charge in [0.2, 0.25) is 5.90 Å². The van der Waals surface area contributed by atoms with E-state index in [4.69, 9.17) is 9.94 Å². The lowest BCUT2D eigenvalue weighted by atomic mass is 10.3. The molecular weight excluding hydrogens is 358 g/mol. The van der Waals surface area contributed by atoms with Crippen molar-refractivity contribution in [2.45, 2.75) is 12.8 Å². The molecule has 0 saturated carbocycles. The highest BCUT2D eigenvalue weighted by atomic mass is 33.1. The maximum atomic E-state index is 11.4. The first-order chi connectivity index (χ1) is 10.0. The molecule has 120 valence electrons. The maximum absolute atomic E-state index is 11.4. The summed E-state index contributed by atoms with van der Waals surface area (Å²) in [7, 11) is 5.31. The molecule has 0 aliphatic rings. The molecule has 21 heavy (non-hydrogen) atoms. The van der Waals surface area contributed by atoms with Crippen LogP contribution >= 0.6 is 43.2 Å². The van der Waals surface area contributed by atoms with Crippen LogP contribution in [0, 0.1) is 0 Å². The molecule has 1 N–H and O–H groups in total. The summed E-state index contributed by atoms with van der Waals surface area (Å²) in [6, 6.07) is 0. The van der Waals surface area contributed by atoms with E-state index >= 15 is 0 Å². The van der Waals surface area contributed by atoms with E-state index in [0.29, 0.717) is 0 Å². The molecule has 0 radical (unpaired) electrons. The van der Waals surface area contributed by atoms with E-state index in [1.165, 1.54) is 43.2 Å². The number of carbonyl (C=O) groups is 3. The molecule has 0 unspecified atom stereocenters. The topological polar surface area (TPSA) is 102 Å². The Morgan fingerprint density at radius 3 is 1.90 bits per heavy atom. The number of nitrogens with zero attached hydrogens (tertiary/aromatic N) is 1. The van der Waals surface area contributed by atoms with E-state index in [-0.39, 0.29) is 30.2 Å². The van der Waals surface area contributed by atoms with Gasteiger partial charge in [0.25, 0.3) is 0 Å². The van der Waals surface area contributed by atoms with Crippen LogP contribution in [0.2, 0.25) is 0 Å². The summed E-state index contributed by atoms with van der Waals surface area (Å²) in [5.74, 6) is -2.12. The zero-order chi connectivity index (χ0) is 16.1. The van der Waals surface area contributed by atoms with Crippen LogP contribution in [-0.2, 0) is 23.9 Å². The highest BCUT2D eigenvalue weighted by molar-refractivity contribution is 8.76. The Balaban J connectivity index is 4.02. The predicted octanol–water partition coefficient (Wildman–Crippen LogP) is 2.19. The van der Waals surface area contributed by atoms with Crippen molar-refractivity contribution in [1.29, 1.82) is 0 Å². The van der Waals surface area contributed by atoms with Crippen LogP contribution in [0.3, 0.4) is 0 Å². The number of hydrogen-bond donors (Lipinski definition) is 1. The molecule has 0 fully saturated rings. The Morgan fingerprint density at radius 1 is 0.905 bits per heavy atom. The largest absolute Gasteiger partial charge is 0.408 e. The minimum absolute atomic E-state index is 0.0642. The zero-order valence-corrected chi connectivity index (χ0v) is 14.7. The van der Waals surface area contributed by atoms with Gasteiger partial charge >= 0.3 is 17.9 Å². The monoisotopic (exact) mass is 373 g/mol. The summed E-state index contributed by atoms with van der Waals surface area (Å²) < 4.78 is 9.27. The van der Waals surface area contributed by atoms with Crippen LogP contribution in [0.25, 0.3) is 0 Å². The number of rotatable bonds is 9. The predicted molar refractivity (Wildman–Crippen MR) is 87.6 cm³/mol. The molecule has 0 aliphatic heterocycles. The van der Waals surface area contributed by atoms with Gasteiger partial charge in [0.1, 0.15) is 11.5 Å². The summed E-state index contributed by atoms with van der Waals surface area (Å²) in [4.78, 5) is 33.8. The van der Waals surface area contributed by atoms with Crippen molar-refractivity contribution in [2.75, 3.05) is 24.0 Å². The summed E-state index contributed by atoms with van der Waals surface area (Å²) in [5, 5.41) is 11.5. The Morgan fingerprint density at radius 2 is 1.43 bits per heavy atom. The molecule has 0 aromatic heterocycles. The molecule has 0 aromatic rings. The van der Waals surface area contributed by atoms with Crippen molar-refractivity contribution in [2.24, 2.45) is 5.16 Å². The zero-order valence-electron chi connectivity index (χ0n) is 11.4. The third-order valence-corrected chi connectivity index (χ3v) is 5.00. The van der Waals surface area contributed by atoms with Crippen molar-refractivity contribution in [3.8, 4) is 0 Å². The molecule has 0 rings (SSSR count). The quantitative estimate of drug-likeness (QED) is 0.123. The van der Waals surface area contributed by atoms with Crippen LogP contribution < -0.4 is 0 Å². The first-order valence-electron chi connectivity index (χ1n) is 5.49. The van der Waals surface area contributed by atoms with Crippen molar-refractivity contribution in [1.82, 2.24) is 0 Å². The van der Waals surface area contributed by atoms with Crippen LogP contribution in [-0.4, -0.2) is 53.0 Å². The van der Waals surface area contributed by atoms with Gasteiger partial charge in [-0.05, 0) is 12.5 Å². The molecule has 0 saturated heterocycles. The fraction of sp³-hybridized carbons (Fsp3) is 0.600. The van der Waals surface area contributed by atoms with Crippen molar-refractivity contribution in [3.05, 3.63) is 0 Å². The molecule has 0 bridgehead atoms. The molecule has 0 amide bonds. The second kappa shape index (κ2) is 13.2. The first kappa shape index (κ1) is 20.5. The normalized spacial score (nSPS) is 11.0. The SMILES string of the molecule is CSSCC(=O)OC(=O)CC/C(=N/O)OC(=O)CSSC. The average Bonchev–Trinajstić information content (AvgIpc) is 2.47. The third kappa shape index (κ3) is 11.8. The van der Waals surface area contributed by atoms with Gasteiger partial charge in [-0.1, -0.05) is 48.3 Å². The average molecular weight is 373 g/mol. The van der Waals surface area contributed by atoms with Gasteiger partial charge in [0.05, 0.1) is 6.42 Å². The number of ether oxygens (including phenoxy) is 2. The van der Waals surface area contributed by atoms with Crippen molar-refractivity contribution >= 4 is 67.0 Å². The smallest absolute Gasteiger partial charge is 0.324 e. The van der Waals surface area contributed by atoms with E-state index in [9.17, 15) is 14.4 Å². The van der Waals surface area contributed by atoms with Crippen LogP contribution in [0.5, 0.6) is 0 Å². The van der Waals surface area contributed by atoms with Crippen LogP contribution in [0.4, 0.5) is 0 Å². The van der Waals surface area contributed by atoms with Gasteiger partial charge in [-0.15, -0.1) is 0 Å². The molecular formula is C10H15NO6S4. The number of oxime groups is 1. The summed E-state index contributed by atoms with van der Waals surface area (Å²) in [6.45, 7) is 0. The summed E-state index contributed by atoms with van der Waals surface area (Å²) >= 11 is 0. The highest BCUT2D eigenvalue weighted by Crippen LogP contribution is 2.17. The summed E-state index contributed by atoms with van der Waals surface area (Å²) in [6.07, 6.45) is 3.25. The minimum atomic E-state index is -0.766. The Kier molecular flexibility index (Phi) is 12.8. The van der Waals surface area contributed by atoms with Gasteiger partial charge < -0.3 is 14.7 Å². The van der Waals surface area contributed by atoms with E-state index in [1.54, 1.807) is 12.5 Å². The van der Waals surface area contributed by atoms with E-state index < -0.39 is 17.9 Å². The molecule has 0 heterocycles. The van der Waals surface area contributed by atoms with E-state index in [1.807, 2.05) is 0 Å². The van der Waals surface area contributed by atoms with Crippen LogP contribution in [0.1, 0.15) is 12.8 Å². The molecule has 0 atom stereocenters. The fourth-order valence-corrected chi connectivity index (χ4v) is 2.74. The van der Waals surface area contributed by atoms with Gasteiger partial charge in [0.15, 0.2) is 0 Å². The second-order valence-electron chi connectivity index (χ2n) is 3.17. The minimum Gasteiger partial charge on any atom is -0.408 e. The second-order valence-corrected chi connectivity index (χ2v) is 8.30. The van der Waals surface area contributed by atoms with Gasteiger partial charge in [-0.25, -0.2) is 0 Å². The number of esters is 3. The molecule has 7 nitrogen and oxygen atoms in total. The summed E-state index contributed by atoms with van der Waals surface area (Å²) in [5.41, 5.74) is 0. The van der Waals surface area contributed by atoms with Gasteiger partial charge in [-0.2, -0.15) is 0 Å². The maximum Gasteiger partial charge on any atom is 0.324 e. The lowest BCUT2D eigenvalue weighted by Gasteiger charge is -2.05. The standard InChI is InChI=1S/C10H15NO6S4/c1-18-20-5-9(13)16-7(11-15)3-4-8(12)17-10(14)6-21-19-2/h15H,3-6H2,1-2H3/b11-7-. The molecule has 0 aromatic carbocycles. The van der Waals surface area contributed by atoms with Crippen molar-refractivity contribution < 1.29 is 29.1 Å². The molecule has 0 spiro atoms. The number of carbonyl (C=O) groups excluding carboxylic acids is 3. The van der Waals surface area contributed by atoms with E-state index in [0.717, 1.165) is 0 Å². The van der Waals surface area contributed by atoms with Crippen molar-refractivity contribution in [3.63, 3.8) is 0 Å². The van der Waals surface area contributed by atoms with E-state index in [2.05, 4.69) is 9.89 Å². The highest BCUT2D eigenvalue weighted by Gasteiger charge is 2.15. The fourth-order valence-electron chi connectivity index (χ4n) is 0.913. The Hall–Kier alpha value is -0.520. The third-order valence-electron chi connectivity index (χ3n) is 1.70. The Labute approximate surface area is 138 Å². The molecule has 0 aliphatic carbocycles. The first-order valence-corrected chi connectivity index (χ1v) is 10.9. The number of hydrogen-bond acceptors (Lipinski definition) is 11. The molecule has 11 heteroatoms. The lowest BCUT2D eigenvalue weighted by Crippen LogP contribution is -2.18. The van der Waals surface area contributed by atoms with Crippen LogP contribution in [0.15, 0.2) is 5.16 Å².